The molecule has 1 aliphatic carbocycles. The van der Waals surface area contributed by atoms with Gasteiger partial charge in [0.2, 0.25) is 0 Å². The fourth-order valence-electron chi connectivity index (χ4n) is 2.28. The van der Waals surface area contributed by atoms with Crippen LogP contribution in [0.1, 0.15) is 46.2 Å². The summed E-state index contributed by atoms with van der Waals surface area (Å²) < 4.78 is 18.0. The van der Waals surface area contributed by atoms with Crippen LogP contribution in [0.2, 0.25) is 0 Å². The molecule has 2 aliphatic rings. The van der Waals surface area contributed by atoms with Crippen molar-refractivity contribution in [2.24, 2.45) is 5.73 Å². The quantitative estimate of drug-likeness (QED) is 0.849. The second kappa shape index (κ2) is 4.97. The van der Waals surface area contributed by atoms with Crippen LogP contribution in [-0.4, -0.2) is 29.4 Å². The number of hydrogen-bond acceptors (Lipinski definition) is 5. The smallest absolute Gasteiger partial charge is 0.489 e. The molecule has 1 saturated carbocycles. The summed E-state index contributed by atoms with van der Waals surface area (Å²) in [6, 6.07) is 1.95. The highest BCUT2D eigenvalue weighted by Gasteiger charge is 2.52. The van der Waals surface area contributed by atoms with Gasteiger partial charge in [-0.1, -0.05) is 0 Å². The molecule has 0 unspecified atom stereocenters. The van der Waals surface area contributed by atoms with E-state index in [-0.39, 0.29) is 11.2 Å². The average Bonchev–Trinajstić information content (AvgIpc) is 3.17. The van der Waals surface area contributed by atoms with Crippen molar-refractivity contribution in [1.29, 1.82) is 0 Å². The molecule has 1 aromatic heterocycles. The van der Waals surface area contributed by atoms with E-state index < -0.39 is 7.12 Å². The van der Waals surface area contributed by atoms with E-state index in [0.717, 1.165) is 29.7 Å². The van der Waals surface area contributed by atoms with Crippen LogP contribution < -0.4 is 15.9 Å². The standard InChI is InChI=1S/C15H23BN2O3/c1-14(2)15(3,4)21-16(20-14)12-7-11(19-10-5-6-10)9-18-13(12)8-17/h7,9-10H,5-6,8,17H2,1-4H3. The van der Waals surface area contributed by atoms with E-state index in [1.807, 2.05) is 33.8 Å². The van der Waals surface area contributed by atoms with Crippen LogP contribution in [0.25, 0.3) is 0 Å². The van der Waals surface area contributed by atoms with Gasteiger partial charge in [-0.05, 0) is 46.6 Å². The zero-order valence-corrected chi connectivity index (χ0v) is 13.2. The Morgan fingerprint density at radius 2 is 1.90 bits per heavy atom. The van der Waals surface area contributed by atoms with Gasteiger partial charge in [-0.15, -0.1) is 0 Å². The minimum absolute atomic E-state index is 0.335. The van der Waals surface area contributed by atoms with Gasteiger partial charge in [-0.3, -0.25) is 4.98 Å². The number of pyridine rings is 1. The van der Waals surface area contributed by atoms with Crippen molar-refractivity contribution in [3.8, 4) is 5.75 Å². The number of ether oxygens (including phenoxy) is 1. The topological polar surface area (TPSA) is 66.6 Å². The summed E-state index contributed by atoms with van der Waals surface area (Å²) in [5.41, 5.74) is 6.70. The summed E-state index contributed by atoms with van der Waals surface area (Å²) in [7, 11) is -0.455. The van der Waals surface area contributed by atoms with Gasteiger partial charge < -0.3 is 19.8 Å². The maximum absolute atomic E-state index is 6.09. The zero-order chi connectivity index (χ0) is 15.3. The molecule has 114 valence electrons. The monoisotopic (exact) mass is 290 g/mol. The molecular weight excluding hydrogens is 267 g/mol. The van der Waals surface area contributed by atoms with Crippen LogP contribution in [0, 0.1) is 0 Å². The predicted molar refractivity (Wildman–Crippen MR) is 81.5 cm³/mol. The molecule has 0 atom stereocenters. The highest BCUT2D eigenvalue weighted by molar-refractivity contribution is 6.62. The molecule has 0 aromatic carbocycles. The van der Waals surface area contributed by atoms with Crippen LogP contribution in [0.3, 0.4) is 0 Å². The fourth-order valence-corrected chi connectivity index (χ4v) is 2.28. The minimum atomic E-state index is -0.455. The molecule has 1 aliphatic heterocycles. The normalized spacial score (nSPS) is 23.4. The fraction of sp³-hybridized carbons (Fsp3) is 0.667. The second-order valence-electron chi connectivity index (χ2n) is 6.82. The van der Waals surface area contributed by atoms with Crippen molar-refractivity contribution in [3.63, 3.8) is 0 Å². The lowest BCUT2D eigenvalue weighted by atomic mass is 9.77. The van der Waals surface area contributed by atoms with E-state index in [2.05, 4.69) is 4.98 Å². The molecule has 2 heterocycles. The van der Waals surface area contributed by atoms with E-state index in [9.17, 15) is 0 Å². The first kappa shape index (κ1) is 14.8. The molecule has 21 heavy (non-hydrogen) atoms. The van der Waals surface area contributed by atoms with Gasteiger partial charge in [0.25, 0.3) is 0 Å². The number of rotatable bonds is 4. The van der Waals surface area contributed by atoms with Gasteiger partial charge >= 0.3 is 7.12 Å². The Morgan fingerprint density at radius 1 is 1.29 bits per heavy atom. The number of hydrogen-bond donors (Lipinski definition) is 1. The maximum Gasteiger partial charge on any atom is 0.496 e. The number of nitrogens with two attached hydrogens (primary N) is 1. The van der Waals surface area contributed by atoms with Crippen molar-refractivity contribution in [2.75, 3.05) is 0 Å². The second-order valence-corrected chi connectivity index (χ2v) is 6.82. The van der Waals surface area contributed by atoms with E-state index in [0.29, 0.717) is 12.6 Å². The molecule has 0 bridgehead atoms. The third-order valence-electron chi connectivity index (χ3n) is 4.51. The first-order chi connectivity index (χ1) is 9.82. The summed E-state index contributed by atoms with van der Waals surface area (Å²) in [5, 5.41) is 0. The van der Waals surface area contributed by atoms with E-state index >= 15 is 0 Å². The minimum Gasteiger partial charge on any atom is -0.489 e. The van der Waals surface area contributed by atoms with Crippen LogP contribution in [0.5, 0.6) is 5.75 Å². The van der Waals surface area contributed by atoms with Gasteiger partial charge in [0.1, 0.15) is 5.75 Å². The van der Waals surface area contributed by atoms with Crippen molar-refractivity contribution >= 4 is 12.6 Å². The summed E-state index contributed by atoms with van der Waals surface area (Å²) in [4.78, 5) is 4.41. The van der Waals surface area contributed by atoms with E-state index in [1.165, 1.54) is 0 Å². The van der Waals surface area contributed by atoms with Crippen molar-refractivity contribution in [1.82, 2.24) is 4.98 Å². The summed E-state index contributed by atoms with van der Waals surface area (Å²) >= 11 is 0. The highest BCUT2D eigenvalue weighted by atomic mass is 16.7. The number of nitrogens with zero attached hydrogens (tertiary/aromatic N) is 1. The van der Waals surface area contributed by atoms with Crippen molar-refractivity contribution < 1.29 is 14.0 Å². The predicted octanol–water partition coefficient (Wildman–Crippen LogP) is 1.38. The van der Waals surface area contributed by atoms with Gasteiger partial charge in [0.05, 0.1) is 29.2 Å². The third-order valence-corrected chi connectivity index (χ3v) is 4.51. The molecule has 2 N–H and O–H groups in total. The van der Waals surface area contributed by atoms with E-state index in [4.69, 9.17) is 19.8 Å². The summed E-state index contributed by atoms with van der Waals surface area (Å²) in [6.45, 7) is 8.49. The Morgan fingerprint density at radius 3 is 2.43 bits per heavy atom. The Balaban J connectivity index is 1.89. The van der Waals surface area contributed by atoms with Crippen molar-refractivity contribution in [2.45, 2.75) is 64.4 Å². The Hall–Kier alpha value is -1.11. The van der Waals surface area contributed by atoms with Crippen LogP contribution in [0.4, 0.5) is 0 Å². The Labute approximate surface area is 126 Å². The maximum atomic E-state index is 6.09. The molecule has 0 radical (unpaired) electrons. The summed E-state index contributed by atoms with van der Waals surface area (Å²) in [5.74, 6) is 0.763. The van der Waals surface area contributed by atoms with Gasteiger partial charge in [0, 0.05) is 12.0 Å². The zero-order valence-electron chi connectivity index (χ0n) is 13.2. The summed E-state index contributed by atoms with van der Waals surface area (Å²) in [6.07, 6.45) is 4.30. The van der Waals surface area contributed by atoms with E-state index in [1.54, 1.807) is 6.20 Å². The van der Waals surface area contributed by atoms with Crippen LogP contribution in [0.15, 0.2) is 12.3 Å². The number of aromatic nitrogens is 1. The average molecular weight is 290 g/mol. The molecule has 5 nitrogen and oxygen atoms in total. The molecule has 3 rings (SSSR count). The molecular formula is C15H23BN2O3. The highest BCUT2D eigenvalue weighted by Crippen LogP contribution is 2.37. The van der Waals surface area contributed by atoms with Crippen molar-refractivity contribution in [3.05, 3.63) is 18.0 Å². The molecule has 0 amide bonds. The lowest BCUT2D eigenvalue weighted by Crippen LogP contribution is -2.41. The first-order valence-electron chi connectivity index (χ1n) is 7.53. The van der Waals surface area contributed by atoms with Crippen LogP contribution >= 0.6 is 0 Å². The molecule has 6 heteroatoms. The molecule has 0 spiro atoms. The molecule has 1 saturated heterocycles. The van der Waals surface area contributed by atoms with Gasteiger partial charge in [-0.2, -0.15) is 0 Å². The lowest BCUT2D eigenvalue weighted by Gasteiger charge is -2.32. The largest absolute Gasteiger partial charge is 0.496 e. The third kappa shape index (κ3) is 2.80. The van der Waals surface area contributed by atoms with Gasteiger partial charge in [-0.25, -0.2) is 0 Å². The molecule has 2 fully saturated rings. The Bertz CT molecular complexity index is 528. The van der Waals surface area contributed by atoms with Crippen LogP contribution in [-0.2, 0) is 15.9 Å². The molecule has 1 aromatic rings. The lowest BCUT2D eigenvalue weighted by molar-refractivity contribution is 0.00578. The SMILES string of the molecule is CC1(C)OB(c2cc(OC3CC3)cnc2CN)OC1(C)C. The van der Waals surface area contributed by atoms with Gasteiger partial charge in [0.15, 0.2) is 0 Å². The first-order valence-corrected chi connectivity index (χ1v) is 7.53. The Kier molecular flexibility index (Phi) is 3.51.